The summed E-state index contributed by atoms with van der Waals surface area (Å²) in [6, 6.07) is 11.6. The summed E-state index contributed by atoms with van der Waals surface area (Å²) >= 11 is 0. The van der Waals surface area contributed by atoms with Gasteiger partial charge in [-0.05, 0) is 67.2 Å². The topological polar surface area (TPSA) is 77.9 Å². The molecule has 2 unspecified atom stereocenters. The highest BCUT2D eigenvalue weighted by Gasteiger charge is 2.38. The SMILES string of the molecule is COc1cc(OC2CC(COc3cccc(C(C4CC4)C(C)C(=O)O)c3)C2)ccn1. The Hall–Kier alpha value is -2.76. The van der Waals surface area contributed by atoms with Gasteiger partial charge in [-0.25, -0.2) is 4.98 Å². The minimum Gasteiger partial charge on any atom is -0.493 e. The number of carboxylic acid groups (broad SMARTS) is 1. The molecule has 2 atom stereocenters. The summed E-state index contributed by atoms with van der Waals surface area (Å²) in [5, 5.41) is 9.48. The highest BCUT2D eigenvalue weighted by atomic mass is 16.5. The van der Waals surface area contributed by atoms with Gasteiger partial charge in [0.05, 0.1) is 25.7 Å². The maximum atomic E-state index is 11.5. The fourth-order valence-electron chi connectivity index (χ4n) is 4.28. The first kappa shape index (κ1) is 20.5. The molecule has 2 aliphatic rings. The quantitative estimate of drug-likeness (QED) is 0.618. The number of hydrogen-bond acceptors (Lipinski definition) is 5. The summed E-state index contributed by atoms with van der Waals surface area (Å²) in [7, 11) is 1.59. The molecule has 2 aromatic rings. The first-order valence-electron chi connectivity index (χ1n) is 10.7. The van der Waals surface area contributed by atoms with Crippen LogP contribution in [0.2, 0.25) is 0 Å². The molecule has 2 aliphatic carbocycles. The predicted molar refractivity (Wildman–Crippen MR) is 112 cm³/mol. The molecule has 6 nitrogen and oxygen atoms in total. The van der Waals surface area contributed by atoms with Crippen molar-refractivity contribution in [1.82, 2.24) is 4.98 Å². The molecule has 30 heavy (non-hydrogen) atoms. The van der Waals surface area contributed by atoms with Crippen molar-refractivity contribution >= 4 is 5.97 Å². The van der Waals surface area contributed by atoms with Crippen LogP contribution in [0.3, 0.4) is 0 Å². The lowest BCUT2D eigenvalue weighted by Gasteiger charge is -2.35. The number of pyridine rings is 1. The van der Waals surface area contributed by atoms with Gasteiger partial charge in [0.1, 0.15) is 11.5 Å². The monoisotopic (exact) mass is 411 g/mol. The molecule has 4 rings (SSSR count). The average molecular weight is 411 g/mol. The molecule has 1 heterocycles. The van der Waals surface area contributed by atoms with Gasteiger partial charge in [-0.15, -0.1) is 0 Å². The Morgan fingerprint density at radius 1 is 1.20 bits per heavy atom. The van der Waals surface area contributed by atoms with Crippen molar-refractivity contribution in [2.24, 2.45) is 17.8 Å². The van der Waals surface area contributed by atoms with Gasteiger partial charge in [-0.1, -0.05) is 19.1 Å². The molecule has 0 spiro atoms. The zero-order chi connectivity index (χ0) is 21.1. The fraction of sp³-hybridized carbons (Fsp3) is 0.500. The molecule has 0 amide bonds. The molecule has 0 aliphatic heterocycles. The summed E-state index contributed by atoms with van der Waals surface area (Å²) in [5.41, 5.74) is 1.08. The van der Waals surface area contributed by atoms with E-state index in [-0.39, 0.29) is 17.9 Å². The van der Waals surface area contributed by atoms with Crippen LogP contribution in [0.1, 0.15) is 44.1 Å². The number of ether oxygens (including phenoxy) is 3. The summed E-state index contributed by atoms with van der Waals surface area (Å²) in [6.45, 7) is 2.46. The molecule has 1 aromatic carbocycles. The van der Waals surface area contributed by atoms with E-state index in [1.807, 2.05) is 37.3 Å². The lowest BCUT2D eigenvalue weighted by atomic mass is 9.82. The van der Waals surface area contributed by atoms with Crippen LogP contribution < -0.4 is 14.2 Å². The van der Waals surface area contributed by atoms with Gasteiger partial charge >= 0.3 is 5.97 Å². The smallest absolute Gasteiger partial charge is 0.306 e. The van der Waals surface area contributed by atoms with Crippen molar-refractivity contribution in [2.75, 3.05) is 13.7 Å². The predicted octanol–water partition coefficient (Wildman–Crippen LogP) is 4.54. The second-order valence-electron chi connectivity index (χ2n) is 8.48. The first-order chi connectivity index (χ1) is 14.5. The van der Waals surface area contributed by atoms with E-state index < -0.39 is 5.97 Å². The second-order valence-corrected chi connectivity index (χ2v) is 8.48. The first-order valence-corrected chi connectivity index (χ1v) is 10.7. The van der Waals surface area contributed by atoms with Gasteiger partial charge in [0.15, 0.2) is 0 Å². The lowest BCUT2D eigenvalue weighted by Crippen LogP contribution is -2.37. The second kappa shape index (κ2) is 8.94. The number of benzene rings is 1. The minimum absolute atomic E-state index is 0.0601. The number of aliphatic carboxylic acids is 1. The number of carbonyl (C=O) groups is 1. The highest BCUT2D eigenvalue weighted by molar-refractivity contribution is 5.71. The lowest BCUT2D eigenvalue weighted by molar-refractivity contribution is -0.142. The largest absolute Gasteiger partial charge is 0.493 e. The van der Waals surface area contributed by atoms with E-state index in [9.17, 15) is 9.90 Å². The molecule has 1 N–H and O–H groups in total. The van der Waals surface area contributed by atoms with E-state index in [1.165, 1.54) is 0 Å². The third-order valence-electron chi connectivity index (χ3n) is 6.20. The number of hydrogen-bond donors (Lipinski definition) is 1. The van der Waals surface area contributed by atoms with Crippen molar-refractivity contribution in [3.8, 4) is 17.4 Å². The van der Waals surface area contributed by atoms with Gasteiger partial charge in [-0.3, -0.25) is 4.79 Å². The van der Waals surface area contributed by atoms with Gasteiger partial charge in [-0.2, -0.15) is 0 Å². The van der Waals surface area contributed by atoms with Crippen LogP contribution in [0.25, 0.3) is 0 Å². The summed E-state index contributed by atoms with van der Waals surface area (Å²) in [4.78, 5) is 15.6. The van der Waals surface area contributed by atoms with Crippen molar-refractivity contribution in [3.63, 3.8) is 0 Å². The summed E-state index contributed by atoms with van der Waals surface area (Å²) in [5.74, 6) is 2.02. The molecule has 0 saturated heterocycles. The zero-order valence-electron chi connectivity index (χ0n) is 17.5. The summed E-state index contributed by atoms with van der Waals surface area (Å²) in [6.07, 6.45) is 5.99. The van der Waals surface area contributed by atoms with E-state index in [0.29, 0.717) is 24.3 Å². The maximum Gasteiger partial charge on any atom is 0.306 e. The Bertz CT molecular complexity index is 875. The number of aromatic nitrogens is 1. The molecule has 0 bridgehead atoms. The van der Waals surface area contributed by atoms with Gasteiger partial charge in [0, 0.05) is 12.3 Å². The number of nitrogens with zero attached hydrogens (tertiary/aromatic N) is 1. The van der Waals surface area contributed by atoms with Crippen molar-refractivity contribution in [1.29, 1.82) is 0 Å². The van der Waals surface area contributed by atoms with Crippen LogP contribution in [-0.2, 0) is 4.79 Å². The normalized spacial score (nSPS) is 22.5. The van der Waals surface area contributed by atoms with E-state index in [0.717, 1.165) is 42.7 Å². The van der Waals surface area contributed by atoms with Crippen molar-refractivity contribution in [2.45, 2.75) is 44.6 Å². The zero-order valence-corrected chi connectivity index (χ0v) is 17.5. The van der Waals surface area contributed by atoms with Crippen molar-refractivity contribution < 1.29 is 24.1 Å². The maximum absolute atomic E-state index is 11.5. The minimum atomic E-state index is -0.731. The fourth-order valence-corrected chi connectivity index (χ4v) is 4.28. The van der Waals surface area contributed by atoms with Crippen LogP contribution in [0, 0.1) is 17.8 Å². The summed E-state index contributed by atoms with van der Waals surface area (Å²) < 4.78 is 17.1. The molecular formula is C24H29NO5. The Balaban J connectivity index is 1.28. The highest BCUT2D eigenvalue weighted by Crippen LogP contribution is 2.47. The van der Waals surface area contributed by atoms with Crippen LogP contribution in [0.5, 0.6) is 17.4 Å². The molecular weight excluding hydrogens is 382 g/mol. The Morgan fingerprint density at radius 2 is 2.00 bits per heavy atom. The third-order valence-corrected chi connectivity index (χ3v) is 6.20. The van der Waals surface area contributed by atoms with E-state index in [1.54, 1.807) is 19.4 Å². The van der Waals surface area contributed by atoms with Crippen LogP contribution >= 0.6 is 0 Å². The number of rotatable bonds is 10. The van der Waals surface area contributed by atoms with Crippen molar-refractivity contribution in [3.05, 3.63) is 48.2 Å². The van der Waals surface area contributed by atoms with E-state index in [2.05, 4.69) is 4.98 Å². The Kier molecular flexibility index (Phi) is 6.11. The molecule has 6 heteroatoms. The van der Waals surface area contributed by atoms with Gasteiger partial charge in [0.2, 0.25) is 5.88 Å². The van der Waals surface area contributed by atoms with Crippen LogP contribution in [0.15, 0.2) is 42.6 Å². The molecule has 2 saturated carbocycles. The standard InChI is InChI=1S/C24H29NO5/c1-15(24(26)27)23(17-6-7-17)18-4-3-5-19(12-18)29-14-16-10-21(11-16)30-20-8-9-25-22(13-20)28-2/h3-5,8-9,12-13,15-17,21,23H,6-7,10-11,14H2,1-2H3,(H,26,27). The number of carboxylic acids is 1. The Morgan fingerprint density at radius 3 is 2.70 bits per heavy atom. The van der Waals surface area contributed by atoms with E-state index in [4.69, 9.17) is 14.2 Å². The van der Waals surface area contributed by atoms with Crippen LogP contribution in [-0.4, -0.2) is 35.9 Å². The molecule has 160 valence electrons. The van der Waals surface area contributed by atoms with Gasteiger partial charge < -0.3 is 19.3 Å². The third kappa shape index (κ3) is 4.86. The van der Waals surface area contributed by atoms with Crippen LogP contribution in [0.4, 0.5) is 0 Å². The number of methoxy groups -OCH3 is 1. The van der Waals surface area contributed by atoms with Gasteiger partial charge in [0.25, 0.3) is 0 Å². The molecule has 2 fully saturated rings. The molecule has 1 aromatic heterocycles. The average Bonchev–Trinajstić information content (AvgIpc) is 3.55. The Labute approximate surface area is 177 Å². The molecule has 0 radical (unpaired) electrons. The van der Waals surface area contributed by atoms with E-state index >= 15 is 0 Å².